The topological polar surface area (TPSA) is 24.5 Å². The molecule has 0 aromatic carbocycles. The Morgan fingerprint density at radius 1 is 1.67 bits per heavy atom. The van der Waals surface area contributed by atoms with Gasteiger partial charge in [0.25, 0.3) is 0 Å². The lowest BCUT2D eigenvalue weighted by Crippen LogP contribution is -2.35. The Kier molecular flexibility index (Phi) is 3.12. The summed E-state index contributed by atoms with van der Waals surface area (Å²) in [6.07, 6.45) is 2.15. The van der Waals surface area contributed by atoms with Crippen molar-refractivity contribution in [1.82, 2.24) is 10.4 Å². The molecule has 0 radical (unpaired) electrons. The molecule has 0 saturated heterocycles. The maximum absolute atomic E-state index is 5.58. The van der Waals surface area contributed by atoms with Gasteiger partial charge in [0.05, 0.1) is 6.61 Å². The maximum atomic E-state index is 5.58. The average Bonchev–Trinajstić information content (AvgIpc) is 2.28. The molecule has 3 nitrogen and oxygen atoms in total. The van der Waals surface area contributed by atoms with Gasteiger partial charge in [-0.2, -0.15) is 0 Å². The lowest BCUT2D eigenvalue weighted by molar-refractivity contribution is 0.0232. The fourth-order valence-electron chi connectivity index (χ4n) is 1.04. The molecule has 0 aromatic rings. The van der Waals surface area contributed by atoms with Crippen molar-refractivity contribution in [1.29, 1.82) is 0 Å². The second-order valence-electron chi connectivity index (χ2n) is 3.64. The van der Waals surface area contributed by atoms with Crippen molar-refractivity contribution < 1.29 is 4.74 Å². The molecule has 0 saturated carbocycles. The van der Waals surface area contributed by atoms with Gasteiger partial charge in [0, 0.05) is 12.7 Å². The highest BCUT2D eigenvalue weighted by molar-refractivity contribution is 5.04. The molecule has 0 bridgehead atoms. The summed E-state index contributed by atoms with van der Waals surface area (Å²) in [5.41, 5.74) is 4.39. The van der Waals surface area contributed by atoms with E-state index in [2.05, 4.69) is 32.3 Å². The number of nitrogens with zero attached hydrogens (tertiary/aromatic N) is 1. The van der Waals surface area contributed by atoms with Crippen molar-refractivity contribution in [3.8, 4) is 0 Å². The molecular formula is C9H18N2O. The minimum Gasteiger partial charge on any atom is -0.358 e. The number of hydrogen-bond donors (Lipinski definition) is 1. The Hall–Kier alpha value is -0.540. The van der Waals surface area contributed by atoms with E-state index in [1.807, 2.05) is 12.1 Å². The predicted molar refractivity (Wildman–Crippen MR) is 49.2 cm³/mol. The maximum Gasteiger partial charge on any atom is 0.145 e. The fraction of sp³-hybridized carbons (Fsp3) is 0.778. The average molecular weight is 170 g/mol. The van der Waals surface area contributed by atoms with Crippen LogP contribution in [0.5, 0.6) is 0 Å². The first-order valence-electron chi connectivity index (χ1n) is 4.39. The number of hydrogen-bond acceptors (Lipinski definition) is 3. The zero-order valence-electron chi connectivity index (χ0n) is 8.29. The lowest BCUT2D eigenvalue weighted by Gasteiger charge is -2.17. The first-order valence-corrected chi connectivity index (χ1v) is 4.39. The third kappa shape index (κ3) is 2.50. The van der Waals surface area contributed by atoms with Gasteiger partial charge in [-0.1, -0.05) is 13.8 Å². The third-order valence-electron chi connectivity index (χ3n) is 1.85. The van der Waals surface area contributed by atoms with E-state index in [9.17, 15) is 0 Å². The van der Waals surface area contributed by atoms with E-state index in [0.29, 0.717) is 5.92 Å². The minimum absolute atomic E-state index is 0.0670. The molecule has 1 aliphatic heterocycles. The number of nitrogens with one attached hydrogen (secondary N) is 1. The first kappa shape index (κ1) is 9.55. The minimum atomic E-state index is 0.0670. The Morgan fingerprint density at radius 2 is 2.33 bits per heavy atom. The summed E-state index contributed by atoms with van der Waals surface area (Å²) >= 11 is 0. The van der Waals surface area contributed by atoms with Crippen molar-refractivity contribution in [2.45, 2.75) is 27.0 Å². The van der Waals surface area contributed by atoms with Gasteiger partial charge in [0.15, 0.2) is 0 Å². The van der Waals surface area contributed by atoms with Crippen LogP contribution in [0.15, 0.2) is 11.8 Å². The SMILES string of the molecule is CC1=CC(OCC(C)C)NN1C. The molecule has 1 heterocycles. The second-order valence-corrected chi connectivity index (χ2v) is 3.64. The van der Waals surface area contributed by atoms with E-state index < -0.39 is 0 Å². The van der Waals surface area contributed by atoms with E-state index in [0.717, 1.165) is 6.61 Å². The monoisotopic (exact) mass is 170 g/mol. The Bertz CT molecular complexity index is 177. The summed E-state index contributed by atoms with van der Waals surface area (Å²) in [7, 11) is 1.99. The van der Waals surface area contributed by atoms with E-state index in [1.54, 1.807) is 0 Å². The van der Waals surface area contributed by atoms with Crippen LogP contribution in [0.1, 0.15) is 20.8 Å². The molecule has 1 atom stereocenters. The largest absolute Gasteiger partial charge is 0.358 e. The highest BCUT2D eigenvalue weighted by atomic mass is 16.5. The second kappa shape index (κ2) is 3.92. The normalized spacial score (nSPS) is 23.6. The quantitative estimate of drug-likeness (QED) is 0.691. The molecule has 0 aromatic heterocycles. The molecule has 0 fully saturated rings. The lowest BCUT2D eigenvalue weighted by atomic mass is 10.2. The smallest absolute Gasteiger partial charge is 0.145 e. The van der Waals surface area contributed by atoms with E-state index >= 15 is 0 Å². The number of rotatable bonds is 3. The first-order chi connectivity index (χ1) is 5.59. The van der Waals surface area contributed by atoms with Crippen LogP contribution >= 0.6 is 0 Å². The molecule has 1 unspecified atom stereocenters. The molecule has 12 heavy (non-hydrogen) atoms. The van der Waals surface area contributed by atoms with Gasteiger partial charge in [0.2, 0.25) is 0 Å². The van der Waals surface area contributed by atoms with Crippen LogP contribution in [0.2, 0.25) is 0 Å². The van der Waals surface area contributed by atoms with Crippen LogP contribution in [-0.4, -0.2) is 24.9 Å². The highest BCUT2D eigenvalue weighted by Crippen LogP contribution is 2.10. The van der Waals surface area contributed by atoms with Gasteiger partial charge in [0.1, 0.15) is 6.23 Å². The van der Waals surface area contributed by atoms with E-state index in [1.165, 1.54) is 5.70 Å². The number of ether oxygens (including phenoxy) is 1. The van der Waals surface area contributed by atoms with E-state index in [-0.39, 0.29) is 6.23 Å². The van der Waals surface area contributed by atoms with Gasteiger partial charge in [-0.3, -0.25) is 0 Å². The Morgan fingerprint density at radius 3 is 2.75 bits per heavy atom. The fourth-order valence-corrected chi connectivity index (χ4v) is 1.04. The molecule has 3 heteroatoms. The predicted octanol–water partition coefficient (Wildman–Crippen LogP) is 1.34. The number of hydrazine groups is 1. The van der Waals surface area contributed by atoms with Crippen LogP contribution in [-0.2, 0) is 4.74 Å². The molecule has 0 aliphatic carbocycles. The summed E-state index contributed by atoms with van der Waals surface area (Å²) < 4.78 is 5.58. The summed E-state index contributed by atoms with van der Waals surface area (Å²) in [6.45, 7) is 7.16. The standard InChI is InChI=1S/C9H18N2O/c1-7(2)6-12-9-5-8(3)11(4)10-9/h5,7,9-10H,6H2,1-4H3. The Labute approximate surface area is 74.4 Å². The van der Waals surface area contributed by atoms with Gasteiger partial charge in [-0.15, -0.1) is 0 Å². The van der Waals surface area contributed by atoms with Crippen molar-refractivity contribution in [2.24, 2.45) is 5.92 Å². The molecule has 0 amide bonds. The molecule has 0 spiro atoms. The summed E-state index contributed by atoms with van der Waals surface area (Å²) in [6, 6.07) is 0. The van der Waals surface area contributed by atoms with Crippen molar-refractivity contribution in [3.05, 3.63) is 11.8 Å². The van der Waals surface area contributed by atoms with Crippen LogP contribution in [0.4, 0.5) is 0 Å². The summed E-state index contributed by atoms with van der Waals surface area (Å²) in [5, 5.41) is 1.98. The van der Waals surface area contributed by atoms with Crippen molar-refractivity contribution in [3.63, 3.8) is 0 Å². The highest BCUT2D eigenvalue weighted by Gasteiger charge is 2.16. The van der Waals surface area contributed by atoms with Crippen molar-refractivity contribution in [2.75, 3.05) is 13.7 Å². The van der Waals surface area contributed by atoms with Crippen LogP contribution in [0.3, 0.4) is 0 Å². The van der Waals surface area contributed by atoms with Crippen molar-refractivity contribution >= 4 is 0 Å². The Balaban J connectivity index is 2.28. The van der Waals surface area contributed by atoms with Crippen LogP contribution in [0.25, 0.3) is 0 Å². The molecular weight excluding hydrogens is 152 g/mol. The van der Waals surface area contributed by atoms with Gasteiger partial charge < -0.3 is 9.75 Å². The van der Waals surface area contributed by atoms with Gasteiger partial charge >= 0.3 is 0 Å². The third-order valence-corrected chi connectivity index (χ3v) is 1.85. The zero-order valence-corrected chi connectivity index (χ0v) is 8.29. The molecule has 70 valence electrons. The zero-order chi connectivity index (χ0) is 9.14. The molecule has 1 aliphatic rings. The van der Waals surface area contributed by atoms with Gasteiger partial charge in [-0.25, -0.2) is 5.43 Å². The van der Waals surface area contributed by atoms with Crippen LogP contribution in [0, 0.1) is 5.92 Å². The van der Waals surface area contributed by atoms with Gasteiger partial charge in [-0.05, 0) is 18.9 Å². The van der Waals surface area contributed by atoms with Crippen LogP contribution < -0.4 is 5.43 Å². The number of allylic oxidation sites excluding steroid dienone is 1. The molecule has 1 rings (SSSR count). The summed E-state index contributed by atoms with van der Waals surface area (Å²) in [5.74, 6) is 0.589. The summed E-state index contributed by atoms with van der Waals surface area (Å²) in [4.78, 5) is 0. The molecule has 1 N–H and O–H groups in total. The van der Waals surface area contributed by atoms with E-state index in [4.69, 9.17) is 4.74 Å².